The third-order valence-electron chi connectivity index (χ3n) is 3.14. The van der Waals surface area contributed by atoms with E-state index in [2.05, 4.69) is 5.92 Å². The largest absolute Gasteiger partial charge is 0.452 e. The normalized spacial score (nSPS) is 10.1. The van der Waals surface area contributed by atoms with E-state index in [1.165, 1.54) is 0 Å². The number of benzene rings is 2. The summed E-state index contributed by atoms with van der Waals surface area (Å²) in [5.41, 5.74) is 0. The number of carbonyl (C=O) groups excluding carboxylic acids is 2. The van der Waals surface area contributed by atoms with Gasteiger partial charge in [0.2, 0.25) is 0 Å². The Kier molecular flexibility index (Phi) is 6.54. The number of terminal acetylenes is 1. The van der Waals surface area contributed by atoms with Crippen molar-refractivity contribution in [2.45, 2.75) is 6.42 Å². The molecule has 0 bridgehead atoms. The van der Waals surface area contributed by atoms with E-state index in [0.29, 0.717) is 6.16 Å². The van der Waals surface area contributed by atoms with Crippen molar-refractivity contribution in [2.24, 2.45) is 0 Å². The van der Waals surface area contributed by atoms with Crippen molar-refractivity contribution >= 4 is 30.3 Å². The SMILES string of the molecule is C#CCOC(=O)CC(=[OH+])CP(c1ccccc1)c1ccccc1. The van der Waals surface area contributed by atoms with Crippen LogP contribution < -0.4 is 10.6 Å². The summed E-state index contributed by atoms with van der Waals surface area (Å²) in [5.74, 6) is 1.85. The predicted octanol–water partition coefficient (Wildman–Crippen LogP) is 2.23. The first-order chi connectivity index (χ1) is 11.2. The summed E-state index contributed by atoms with van der Waals surface area (Å²) in [6.45, 7) is -0.0712. The Morgan fingerprint density at radius 3 is 2.04 bits per heavy atom. The molecule has 3 nitrogen and oxygen atoms in total. The minimum Gasteiger partial charge on any atom is -0.452 e. The molecule has 23 heavy (non-hydrogen) atoms. The van der Waals surface area contributed by atoms with Crippen LogP contribution in [0.2, 0.25) is 0 Å². The summed E-state index contributed by atoms with van der Waals surface area (Å²) in [6.07, 6.45) is 5.35. The van der Waals surface area contributed by atoms with Gasteiger partial charge in [-0.05, 0) is 18.5 Å². The number of carbonyl (C=O) groups is 1. The van der Waals surface area contributed by atoms with Crippen LogP contribution in [0.5, 0.6) is 0 Å². The van der Waals surface area contributed by atoms with Gasteiger partial charge in [0.05, 0.1) is 6.16 Å². The van der Waals surface area contributed by atoms with E-state index in [1.807, 2.05) is 60.7 Å². The first kappa shape index (κ1) is 16.9. The summed E-state index contributed by atoms with van der Waals surface area (Å²) in [7, 11) is -0.769. The Hall–Kier alpha value is -2.43. The van der Waals surface area contributed by atoms with Gasteiger partial charge in [0.15, 0.2) is 13.0 Å². The van der Waals surface area contributed by atoms with Crippen LogP contribution in [0, 0.1) is 12.3 Å². The van der Waals surface area contributed by atoms with Gasteiger partial charge in [-0.2, -0.15) is 0 Å². The monoisotopic (exact) mass is 325 g/mol. The Labute approximate surface area is 137 Å². The Morgan fingerprint density at radius 1 is 1.04 bits per heavy atom. The molecule has 1 N–H and O–H groups in total. The molecule has 2 aromatic rings. The van der Waals surface area contributed by atoms with E-state index in [1.54, 1.807) is 0 Å². The third-order valence-corrected chi connectivity index (χ3v) is 5.67. The highest BCUT2D eigenvalue weighted by molar-refractivity contribution is 7.73. The van der Waals surface area contributed by atoms with Gasteiger partial charge in [-0.3, -0.25) is 9.59 Å². The van der Waals surface area contributed by atoms with Gasteiger partial charge < -0.3 is 4.74 Å². The molecule has 0 fully saturated rings. The number of ketones is 1. The summed E-state index contributed by atoms with van der Waals surface area (Å²) in [6, 6.07) is 20.0. The molecule has 0 saturated heterocycles. The maximum Gasteiger partial charge on any atom is 0.319 e. The fraction of sp³-hybridized carbons (Fsp3) is 0.158. The zero-order chi connectivity index (χ0) is 16.5. The standard InChI is InChI=1S/C19H17O3P/c1-2-13-22-19(21)14-16(20)15-23(17-9-5-3-6-10-17)18-11-7-4-8-12-18/h1,3-12H,13-15H2/p+1. The molecule has 0 aliphatic heterocycles. The molecular formula is C19H18O3P+. The predicted molar refractivity (Wildman–Crippen MR) is 95.3 cm³/mol. The smallest absolute Gasteiger partial charge is 0.319 e. The molecule has 0 amide bonds. The number of hydrogen-bond donors (Lipinski definition) is 0. The van der Waals surface area contributed by atoms with Gasteiger partial charge >= 0.3 is 11.8 Å². The highest BCUT2D eigenvalue weighted by Gasteiger charge is 2.24. The molecular weight excluding hydrogens is 307 g/mol. The molecule has 0 saturated carbocycles. The average Bonchev–Trinajstić information content (AvgIpc) is 2.59. The van der Waals surface area contributed by atoms with Crippen molar-refractivity contribution in [3.05, 3.63) is 60.7 Å². The molecule has 2 aromatic carbocycles. The van der Waals surface area contributed by atoms with Crippen LogP contribution in [0.25, 0.3) is 0 Å². The van der Waals surface area contributed by atoms with E-state index in [4.69, 9.17) is 11.2 Å². The summed E-state index contributed by atoms with van der Waals surface area (Å²) < 4.78 is 4.81. The average molecular weight is 325 g/mol. The molecule has 0 atom stereocenters. The zero-order valence-electron chi connectivity index (χ0n) is 12.7. The minimum atomic E-state index is -0.769. The second-order valence-corrected chi connectivity index (χ2v) is 7.07. The fourth-order valence-corrected chi connectivity index (χ4v) is 4.33. The van der Waals surface area contributed by atoms with Crippen molar-refractivity contribution < 1.29 is 14.3 Å². The van der Waals surface area contributed by atoms with Crippen LogP contribution in [-0.4, -0.2) is 29.3 Å². The first-order valence-corrected chi connectivity index (χ1v) is 8.74. The summed E-state index contributed by atoms with van der Waals surface area (Å²) in [4.78, 5) is 21.8. The maximum absolute atomic E-state index is 11.6. The molecule has 116 valence electrons. The highest BCUT2D eigenvalue weighted by atomic mass is 31.1. The Bertz CT molecular complexity index is 650. The lowest BCUT2D eigenvalue weighted by atomic mass is 10.3. The molecule has 0 spiro atoms. The van der Waals surface area contributed by atoms with Gasteiger partial charge in [0.1, 0.15) is 0 Å². The minimum absolute atomic E-state index is 0.0712. The first-order valence-electron chi connectivity index (χ1n) is 7.21. The van der Waals surface area contributed by atoms with Crippen LogP contribution in [-0.2, 0) is 9.53 Å². The third kappa shape index (κ3) is 5.36. The molecule has 4 heteroatoms. The number of esters is 1. The van der Waals surface area contributed by atoms with Gasteiger partial charge in [-0.15, -0.1) is 6.42 Å². The van der Waals surface area contributed by atoms with E-state index in [-0.39, 0.29) is 18.8 Å². The highest BCUT2D eigenvalue weighted by Crippen LogP contribution is 2.33. The second-order valence-electron chi connectivity index (χ2n) is 4.87. The van der Waals surface area contributed by atoms with Crippen LogP contribution in [0.3, 0.4) is 0 Å². The van der Waals surface area contributed by atoms with Gasteiger partial charge in [0, 0.05) is 0 Å². The van der Waals surface area contributed by atoms with Crippen LogP contribution >= 0.6 is 7.92 Å². The number of ether oxygens (including phenoxy) is 1. The lowest BCUT2D eigenvalue weighted by molar-refractivity contribution is -0.140. The van der Waals surface area contributed by atoms with Crippen LogP contribution in [0.4, 0.5) is 0 Å². The molecule has 2 rings (SSSR count). The van der Waals surface area contributed by atoms with Gasteiger partial charge in [0.25, 0.3) is 0 Å². The van der Waals surface area contributed by atoms with E-state index in [0.717, 1.165) is 10.6 Å². The van der Waals surface area contributed by atoms with Crippen LogP contribution in [0.15, 0.2) is 60.7 Å². The van der Waals surface area contributed by atoms with Crippen molar-refractivity contribution in [1.29, 1.82) is 0 Å². The Balaban J connectivity index is 2.12. The van der Waals surface area contributed by atoms with Gasteiger partial charge in [-0.1, -0.05) is 66.6 Å². The van der Waals surface area contributed by atoms with Crippen molar-refractivity contribution in [3.8, 4) is 12.3 Å². The molecule has 0 radical (unpaired) electrons. The zero-order valence-corrected chi connectivity index (χ0v) is 13.6. The molecule has 0 unspecified atom stereocenters. The van der Waals surface area contributed by atoms with E-state index >= 15 is 0 Å². The van der Waals surface area contributed by atoms with Crippen LogP contribution in [0.1, 0.15) is 6.42 Å². The van der Waals surface area contributed by atoms with Gasteiger partial charge in [-0.25, -0.2) is 0 Å². The topological polar surface area (TPSA) is 47.7 Å². The Morgan fingerprint density at radius 2 is 1.57 bits per heavy atom. The quantitative estimate of drug-likeness (QED) is 0.258. The lowest BCUT2D eigenvalue weighted by Gasteiger charge is -2.16. The second kappa shape index (κ2) is 8.88. The van der Waals surface area contributed by atoms with Crippen molar-refractivity contribution in [3.63, 3.8) is 0 Å². The maximum atomic E-state index is 11.6. The fourth-order valence-electron chi connectivity index (χ4n) is 2.13. The summed E-state index contributed by atoms with van der Waals surface area (Å²) in [5, 5.41) is 2.30. The van der Waals surface area contributed by atoms with Crippen molar-refractivity contribution in [2.75, 3.05) is 12.8 Å². The lowest BCUT2D eigenvalue weighted by Crippen LogP contribution is -2.21. The van der Waals surface area contributed by atoms with E-state index < -0.39 is 13.9 Å². The van der Waals surface area contributed by atoms with E-state index in [9.17, 15) is 9.59 Å². The molecule has 0 heterocycles. The molecule has 0 aliphatic rings. The summed E-state index contributed by atoms with van der Waals surface area (Å²) >= 11 is 0. The van der Waals surface area contributed by atoms with Crippen molar-refractivity contribution in [1.82, 2.24) is 0 Å². The number of hydrogen-bond acceptors (Lipinski definition) is 2. The molecule has 0 aliphatic carbocycles. The number of rotatable bonds is 7. The molecule has 0 aromatic heterocycles.